The maximum absolute atomic E-state index is 12.9. The van der Waals surface area contributed by atoms with Gasteiger partial charge in [0, 0.05) is 31.5 Å². The van der Waals surface area contributed by atoms with E-state index in [0.717, 1.165) is 24.9 Å². The summed E-state index contributed by atoms with van der Waals surface area (Å²) in [7, 11) is 0. The second-order valence-electron chi connectivity index (χ2n) is 5.48. The van der Waals surface area contributed by atoms with Crippen molar-refractivity contribution in [3.8, 4) is 0 Å². The van der Waals surface area contributed by atoms with Gasteiger partial charge in [-0.3, -0.25) is 9.69 Å². The number of carbonyl (C=O) groups is 1. The maximum Gasteiger partial charge on any atom is 0.136 e. The predicted octanol–water partition coefficient (Wildman–Crippen LogP) is 2.91. The fraction of sp³-hybridized carbons (Fsp3) is 0.533. The molecule has 0 amide bonds. The Labute approximate surface area is 107 Å². The van der Waals surface area contributed by atoms with Crippen molar-refractivity contribution in [1.82, 2.24) is 4.90 Å². The molecule has 2 saturated heterocycles. The van der Waals surface area contributed by atoms with Gasteiger partial charge in [0.05, 0.1) is 0 Å². The molecule has 96 valence electrons. The standard InChI is InChI=1S/C15H18FNO/c16-12-6-4-11(5-7-12)10-17-13-2-1-3-14(17)9-15(18)8-13/h4-7,13-14H,1-3,8-10H2. The van der Waals surface area contributed by atoms with Crippen LogP contribution in [0.4, 0.5) is 4.39 Å². The first kappa shape index (κ1) is 11.8. The minimum absolute atomic E-state index is 0.187. The summed E-state index contributed by atoms with van der Waals surface area (Å²) in [6.07, 6.45) is 4.91. The van der Waals surface area contributed by atoms with Gasteiger partial charge in [-0.25, -0.2) is 4.39 Å². The quantitative estimate of drug-likeness (QED) is 0.801. The number of Topliss-reactive ketones (excluding diaryl/α,β-unsaturated/α-hetero) is 1. The third-order valence-electron chi connectivity index (χ3n) is 4.22. The van der Waals surface area contributed by atoms with E-state index >= 15 is 0 Å². The summed E-state index contributed by atoms with van der Waals surface area (Å²) in [5.41, 5.74) is 1.14. The van der Waals surface area contributed by atoms with Gasteiger partial charge in [0.1, 0.15) is 11.6 Å². The average molecular weight is 247 g/mol. The largest absolute Gasteiger partial charge is 0.300 e. The lowest BCUT2D eigenvalue weighted by Crippen LogP contribution is -2.51. The summed E-state index contributed by atoms with van der Waals surface area (Å²) in [6, 6.07) is 7.55. The van der Waals surface area contributed by atoms with E-state index in [4.69, 9.17) is 0 Å². The molecule has 2 aliphatic heterocycles. The second-order valence-corrected chi connectivity index (χ2v) is 5.48. The van der Waals surface area contributed by atoms with Gasteiger partial charge in [0.25, 0.3) is 0 Å². The molecule has 18 heavy (non-hydrogen) atoms. The van der Waals surface area contributed by atoms with E-state index in [1.165, 1.54) is 18.6 Å². The zero-order valence-corrected chi connectivity index (χ0v) is 10.4. The summed E-state index contributed by atoms with van der Waals surface area (Å²) in [4.78, 5) is 14.1. The molecular formula is C15H18FNO. The number of nitrogens with zero attached hydrogens (tertiary/aromatic N) is 1. The van der Waals surface area contributed by atoms with Gasteiger partial charge in [0.2, 0.25) is 0 Å². The topological polar surface area (TPSA) is 20.3 Å². The van der Waals surface area contributed by atoms with Gasteiger partial charge in [-0.2, -0.15) is 0 Å². The van der Waals surface area contributed by atoms with Crippen molar-refractivity contribution in [2.24, 2.45) is 0 Å². The lowest BCUT2D eigenvalue weighted by molar-refractivity contribution is -0.127. The molecule has 2 aliphatic rings. The number of piperidine rings is 2. The number of fused-ring (bicyclic) bond motifs is 2. The lowest BCUT2D eigenvalue weighted by Gasteiger charge is -2.45. The summed E-state index contributed by atoms with van der Waals surface area (Å²) >= 11 is 0. The van der Waals surface area contributed by atoms with Crippen LogP contribution in [-0.4, -0.2) is 22.8 Å². The normalized spacial score (nSPS) is 28.4. The van der Waals surface area contributed by atoms with Crippen LogP contribution in [0.25, 0.3) is 0 Å². The minimum Gasteiger partial charge on any atom is -0.300 e. The Balaban J connectivity index is 1.75. The molecule has 2 atom stereocenters. The molecule has 2 nitrogen and oxygen atoms in total. The van der Waals surface area contributed by atoms with Crippen LogP contribution in [0.2, 0.25) is 0 Å². The zero-order valence-electron chi connectivity index (χ0n) is 10.4. The summed E-state index contributed by atoms with van der Waals surface area (Å²) in [6.45, 7) is 0.850. The van der Waals surface area contributed by atoms with E-state index in [9.17, 15) is 9.18 Å². The summed E-state index contributed by atoms with van der Waals surface area (Å²) in [5.74, 6) is 0.229. The first-order chi connectivity index (χ1) is 8.72. The van der Waals surface area contributed by atoms with Crippen molar-refractivity contribution in [1.29, 1.82) is 0 Å². The highest BCUT2D eigenvalue weighted by Crippen LogP contribution is 2.33. The van der Waals surface area contributed by atoms with Gasteiger partial charge in [-0.15, -0.1) is 0 Å². The van der Waals surface area contributed by atoms with E-state index in [-0.39, 0.29) is 5.82 Å². The van der Waals surface area contributed by atoms with Crippen molar-refractivity contribution >= 4 is 5.78 Å². The van der Waals surface area contributed by atoms with Crippen LogP contribution in [-0.2, 0) is 11.3 Å². The molecule has 0 aliphatic carbocycles. The molecule has 3 rings (SSSR count). The molecule has 0 radical (unpaired) electrons. The van der Waals surface area contributed by atoms with E-state index in [2.05, 4.69) is 4.90 Å². The molecule has 0 spiro atoms. The van der Waals surface area contributed by atoms with Gasteiger partial charge < -0.3 is 0 Å². The van der Waals surface area contributed by atoms with Crippen molar-refractivity contribution in [3.05, 3.63) is 35.6 Å². The minimum atomic E-state index is -0.187. The molecule has 1 aromatic rings. The van der Waals surface area contributed by atoms with E-state index in [1.54, 1.807) is 0 Å². The third-order valence-corrected chi connectivity index (χ3v) is 4.22. The highest BCUT2D eigenvalue weighted by atomic mass is 19.1. The Kier molecular flexibility index (Phi) is 3.16. The van der Waals surface area contributed by atoms with Gasteiger partial charge in [0.15, 0.2) is 0 Å². The Hall–Kier alpha value is -1.22. The van der Waals surface area contributed by atoms with Crippen molar-refractivity contribution in [3.63, 3.8) is 0 Å². The highest BCUT2D eigenvalue weighted by Gasteiger charge is 2.37. The number of rotatable bonds is 2. The predicted molar refractivity (Wildman–Crippen MR) is 67.6 cm³/mol. The smallest absolute Gasteiger partial charge is 0.136 e. The van der Waals surface area contributed by atoms with Crippen molar-refractivity contribution in [2.75, 3.05) is 0 Å². The van der Waals surface area contributed by atoms with Gasteiger partial charge in [-0.05, 0) is 30.5 Å². The number of carbonyl (C=O) groups excluding carboxylic acids is 1. The highest BCUT2D eigenvalue weighted by molar-refractivity contribution is 5.80. The lowest BCUT2D eigenvalue weighted by atomic mass is 9.83. The zero-order chi connectivity index (χ0) is 12.5. The number of benzene rings is 1. The fourth-order valence-electron chi connectivity index (χ4n) is 3.33. The van der Waals surface area contributed by atoms with Crippen LogP contribution >= 0.6 is 0 Å². The van der Waals surface area contributed by atoms with E-state index in [0.29, 0.717) is 30.7 Å². The van der Waals surface area contributed by atoms with Crippen molar-refractivity contribution < 1.29 is 9.18 Å². The molecule has 2 heterocycles. The number of hydrogen-bond donors (Lipinski definition) is 0. The van der Waals surface area contributed by atoms with Crippen LogP contribution in [0.3, 0.4) is 0 Å². The van der Waals surface area contributed by atoms with Crippen LogP contribution < -0.4 is 0 Å². The van der Waals surface area contributed by atoms with E-state index in [1.807, 2.05) is 12.1 Å². The average Bonchev–Trinajstić information content (AvgIpc) is 2.33. The van der Waals surface area contributed by atoms with Gasteiger partial charge in [-0.1, -0.05) is 18.6 Å². The monoisotopic (exact) mass is 247 g/mol. The molecule has 2 fully saturated rings. The summed E-state index contributed by atoms with van der Waals surface area (Å²) < 4.78 is 12.9. The van der Waals surface area contributed by atoms with Crippen molar-refractivity contribution in [2.45, 2.75) is 50.7 Å². The molecule has 0 aromatic heterocycles. The molecule has 1 aromatic carbocycles. The number of halogens is 1. The molecule has 2 bridgehead atoms. The SMILES string of the molecule is O=C1CC2CCCC(C1)N2Cc1ccc(F)cc1. The second kappa shape index (κ2) is 4.81. The molecular weight excluding hydrogens is 229 g/mol. The molecule has 0 saturated carbocycles. The van der Waals surface area contributed by atoms with Crippen LogP contribution in [0.5, 0.6) is 0 Å². The molecule has 0 N–H and O–H groups in total. The van der Waals surface area contributed by atoms with Crippen LogP contribution in [0, 0.1) is 5.82 Å². The van der Waals surface area contributed by atoms with Gasteiger partial charge >= 0.3 is 0 Å². The molecule has 3 heteroatoms. The van der Waals surface area contributed by atoms with Crippen LogP contribution in [0.15, 0.2) is 24.3 Å². The summed E-state index contributed by atoms with van der Waals surface area (Å²) in [5, 5.41) is 0. The first-order valence-corrected chi connectivity index (χ1v) is 6.74. The Morgan fingerprint density at radius 3 is 2.33 bits per heavy atom. The Morgan fingerprint density at radius 2 is 1.72 bits per heavy atom. The Morgan fingerprint density at radius 1 is 1.11 bits per heavy atom. The van der Waals surface area contributed by atoms with Crippen LogP contribution in [0.1, 0.15) is 37.7 Å². The molecule has 2 unspecified atom stereocenters. The number of hydrogen-bond acceptors (Lipinski definition) is 2. The number of ketones is 1. The fourth-order valence-corrected chi connectivity index (χ4v) is 3.33. The Bertz CT molecular complexity index is 426. The third kappa shape index (κ3) is 2.32. The maximum atomic E-state index is 12.9. The first-order valence-electron chi connectivity index (χ1n) is 6.74. The van der Waals surface area contributed by atoms with E-state index < -0.39 is 0 Å².